The number of phenols is 1. The number of phenolic OH excluding ortho intramolecular Hbond substituents is 1. The Hall–Kier alpha value is -1.25. The van der Waals surface area contributed by atoms with Gasteiger partial charge >= 0.3 is 0 Å². The molecule has 0 amide bonds. The van der Waals surface area contributed by atoms with Crippen LogP contribution in [0.2, 0.25) is 0 Å². The van der Waals surface area contributed by atoms with E-state index in [1.165, 1.54) is 16.9 Å². The third-order valence-corrected chi connectivity index (χ3v) is 2.34. The highest BCUT2D eigenvalue weighted by Gasteiger charge is 2.34. The lowest BCUT2D eigenvalue weighted by Crippen LogP contribution is -2.38. The van der Waals surface area contributed by atoms with Gasteiger partial charge in [-0.05, 0) is 12.1 Å². The number of benzene rings is 1. The van der Waals surface area contributed by atoms with Crippen LogP contribution in [-0.4, -0.2) is 20.1 Å². The van der Waals surface area contributed by atoms with E-state index in [9.17, 15) is 22.3 Å². The SMILES string of the molecule is NS(=O)(=O)NCC(F)(F)c1ccccc1O. The van der Waals surface area contributed by atoms with Crippen LogP contribution in [0.15, 0.2) is 24.3 Å². The van der Waals surface area contributed by atoms with Gasteiger partial charge in [0.1, 0.15) is 5.75 Å². The van der Waals surface area contributed by atoms with Crippen molar-refractivity contribution in [2.75, 3.05) is 6.54 Å². The second kappa shape index (κ2) is 4.32. The minimum Gasteiger partial charge on any atom is -0.507 e. The maximum Gasteiger partial charge on any atom is 0.290 e. The van der Waals surface area contributed by atoms with Crippen molar-refractivity contribution >= 4 is 10.2 Å². The fourth-order valence-electron chi connectivity index (χ4n) is 1.07. The molecule has 0 radical (unpaired) electrons. The van der Waals surface area contributed by atoms with Crippen molar-refractivity contribution in [3.05, 3.63) is 29.8 Å². The highest BCUT2D eigenvalue weighted by Crippen LogP contribution is 2.33. The lowest BCUT2D eigenvalue weighted by molar-refractivity contribution is -0.0000479. The molecule has 16 heavy (non-hydrogen) atoms. The minimum atomic E-state index is -4.19. The first-order valence-corrected chi connectivity index (χ1v) is 5.71. The maximum atomic E-state index is 13.4. The van der Waals surface area contributed by atoms with E-state index in [1.807, 2.05) is 0 Å². The van der Waals surface area contributed by atoms with Gasteiger partial charge < -0.3 is 5.11 Å². The average molecular weight is 252 g/mol. The zero-order valence-electron chi connectivity index (χ0n) is 8.02. The smallest absolute Gasteiger partial charge is 0.290 e. The fraction of sp³-hybridized carbons (Fsp3) is 0.250. The zero-order chi connectivity index (χ0) is 12.4. The molecule has 90 valence electrons. The Morgan fingerprint density at radius 2 is 1.94 bits per heavy atom. The van der Waals surface area contributed by atoms with Crippen molar-refractivity contribution in [3.8, 4) is 5.75 Å². The van der Waals surface area contributed by atoms with E-state index in [4.69, 9.17) is 0 Å². The fourth-order valence-corrected chi connectivity index (χ4v) is 1.45. The highest BCUT2D eigenvalue weighted by atomic mass is 32.2. The molecule has 0 heterocycles. The molecule has 0 aliphatic carbocycles. The molecule has 0 saturated carbocycles. The molecular weight excluding hydrogens is 242 g/mol. The summed E-state index contributed by atoms with van der Waals surface area (Å²) in [6, 6.07) is 4.77. The van der Waals surface area contributed by atoms with Crippen LogP contribution < -0.4 is 9.86 Å². The van der Waals surface area contributed by atoms with Crippen LogP contribution >= 0.6 is 0 Å². The first-order valence-electron chi connectivity index (χ1n) is 4.16. The molecule has 0 atom stereocenters. The van der Waals surface area contributed by atoms with Crippen molar-refractivity contribution in [1.29, 1.82) is 0 Å². The Morgan fingerprint density at radius 3 is 2.44 bits per heavy atom. The Kier molecular flexibility index (Phi) is 3.46. The molecule has 0 aliphatic rings. The summed E-state index contributed by atoms with van der Waals surface area (Å²) in [6.45, 7) is -1.20. The van der Waals surface area contributed by atoms with Gasteiger partial charge in [0.25, 0.3) is 16.1 Å². The number of rotatable bonds is 4. The molecular formula is C8H10F2N2O3S. The molecule has 0 bridgehead atoms. The van der Waals surface area contributed by atoms with Gasteiger partial charge in [0, 0.05) is 0 Å². The van der Waals surface area contributed by atoms with Gasteiger partial charge in [-0.15, -0.1) is 0 Å². The standard InChI is InChI=1S/C8H10F2N2O3S/c9-8(10,5-12-16(11,14)15)6-3-1-2-4-7(6)13/h1-4,12-13H,5H2,(H2,11,14,15). The van der Waals surface area contributed by atoms with Crippen molar-refractivity contribution in [3.63, 3.8) is 0 Å². The van der Waals surface area contributed by atoms with Gasteiger partial charge in [0.05, 0.1) is 12.1 Å². The molecule has 4 N–H and O–H groups in total. The van der Waals surface area contributed by atoms with Gasteiger partial charge in [0.15, 0.2) is 0 Å². The summed E-state index contributed by atoms with van der Waals surface area (Å²) >= 11 is 0. The van der Waals surface area contributed by atoms with E-state index >= 15 is 0 Å². The number of alkyl halides is 2. The quantitative estimate of drug-likeness (QED) is 0.718. The summed E-state index contributed by atoms with van der Waals surface area (Å²) < 4.78 is 49.2. The van der Waals surface area contributed by atoms with Crippen molar-refractivity contribution in [2.45, 2.75) is 5.92 Å². The molecule has 5 nitrogen and oxygen atoms in total. The first kappa shape index (κ1) is 12.8. The van der Waals surface area contributed by atoms with E-state index < -0.39 is 34.0 Å². The maximum absolute atomic E-state index is 13.4. The number of halogens is 2. The molecule has 1 aromatic rings. The van der Waals surface area contributed by atoms with Crippen LogP contribution in [-0.2, 0) is 16.1 Å². The second-order valence-corrected chi connectivity index (χ2v) is 4.47. The summed E-state index contributed by atoms with van der Waals surface area (Å²) in [7, 11) is -4.19. The van der Waals surface area contributed by atoms with Gasteiger partial charge in [-0.3, -0.25) is 0 Å². The van der Waals surface area contributed by atoms with Crippen LogP contribution in [0, 0.1) is 0 Å². The van der Waals surface area contributed by atoms with Crippen molar-refractivity contribution < 1.29 is 22.3 Å². The normalized spacial score (nSPS) is 12.7. The monoisotopic (exact) mass is 252 g/mol. The van der Waals surface area contributed by atoms with Crippen LogP contribution in [0.1, 0.15) is 5.56 Å². The van der Waals surface area contributed by atoms with Gasteiger partial charge in [-0.1, -0.05) is 12.1 Å². The Bertz CT molecular complexity index is 476. The summed E-state index contributed by atoms with van der Waals surface area (Å²) in [5.41, 5.74) is -0.661. The number of nitrogens with two attached hydrogens (primary N) is 1. The lowest BCUT2D eigenvalue weighted by atomic mass is 10.1. The van der Waals surface area contributed by atoms with E-state index in [-0.39, 0.29) is 0 Å². The Labute approximate surface area is 91.1 Å². The number of aromatic hydroxyl groups is 1. The summed E-state index contributed by atoms with van der Waals surface area (Å²) in [6.07, 6.45) is 0. The number of hydrogen-bond donors (Lipinski definition) is 3. The largest absolute Gasteiger partial charge is 0.507 e. The topological polar surface area (TPSA) is 92.4 Å². The zero-order valence-corrected chi connectivity index (χ0v) is 8.84. The molecule has 8 heteroatoms. The Morgan fingerprint density at radius 1 is 1.38 bits per heavy atom. The molecule has 1 aromatic carbocycles. The van der Waals surface area contributed by atoms with Crippen LogP contribution in [0.4, 0.5) is 8.78 Å². The molecule has 0 fully saturated rings. The van der Waals surface area contributed by atoms with Crippen molar-refractivity contribution in [2.24, 2.45) is 5.14 Å². The third kappa shape index (κ3) is 3.40. The van der Waals surface area contributed by atoms with Crippen LogP contribution in [0.5, 0.6) is 5.75 Å². The molecule has 0 unspecified atom stereocenters. The number of para-hydroxylation sites is 1. The molecule has 0 spiro atoms. The molecule has 0 aromatic heterocycles. The summed E-state index contributed by atoms with van der Waals surface area (Å²) in [5, 5.41) is 13.7. The predicted octanol–water partition coefficient (Wildman–Crippen LogP) is 0.277. The van der Waals surface area contributed by atoms with Crippen LogP contribution in [0.3, 0.4) is 0 Å². The van der Waals surface area contributed by atoms with Gasteiger partial charge in [-0.2, -0.15) is 21.9 Å². The highest BCUT2D eigenvalue weighted by molar-refractivity contribution is 7.87. The summed E-state index contributed by atoms with van der Waals surface area (Å²) in [5.74, 6) is -4.14. The van der Waals surface area contributed by atoms with Crippen molar-refractivity contribution in [1.82, 2.24) is 4.72 Å². The van der Waals surface area contributed by atoms with Crippen LogP contribution in [0.25, 0.3) is 0 Å². The lowest BCUT2D eigenvalue weighted by Gasteiger charge is -2.17. The van der Waals surface area contributed by atoms with E-state index in [0.717, 1.165) is 12.1 Å². The number of hydrogen-bond acceptors (Lipinski definition) is 3. The van der Waals surface area contributed by atoms with E-state index in [1.54, 1.807) is 0 Å². The number of nitrogens with one attached hydrogen (secondary N) is 1. The molecule has 1 rings (SSSR count). The molecule has 0 aliphatic heterocycles. The van der Waals surface area contributed by atoms with Gasteiger partial charge in [0.2, 0.25) is 0 Å². The van der Waals surface area contributed by atoms with E-state index in [2.05, 4.69) is 5.14 Å². The first-order chi connectivity index (χ1) is 7.22. The van der Waals surface area contributed by atoms with Gasteiger partial charge in [-0.25, -0.2) is 5.14 Å². The van der Waals surface area contributed by atoms with E-state index in [0.29, 0.717) is 0 Å². The predicted molar refractivity (Wildman–Crippen MR) is 53.1 cm³/mol. The second-order valence-electron chi connectivity index (χ2n) is 3.09. The minimum absolute atomic E-state index is 0.608. The Balaban J connectivity index is 2.90. The third-order valence-electron chi connectivity index (χ3n) is 1.79. The summed E-state index contributed by atoms with van der Waals surface area (Å²) in [4.78, 5) is 0. The average Bonchev–Trinajstić information content (AvgIpc) is 2.14. The molecule has 0 saturated heterocycles.